The molecule has 0 aliphatic rings. The standard InChI is InChI=1S/C21H13ClF3N7O3/c1-30-19(33)16(32-4-2-3-28-32)8-14(29-30)10-31-11-27-18(21(23,24)25)17(20(31)34)35-15-6-12(9-26)5-13(22)7-15/h2-8,11H,10H2,1H3. The molecule has 35 heavy (non-hydrogen) atoms. The van der Waals surface area contributed by atoms with Crippen molar-refractivity contribution in [2.45, 2.75) is 12.7 Å². The van der Waals surface area contributed by atoms with Crippen LogP contribution in [0, 0.1) is 11.3 Å². The zero-order valence-electron chi connectivity index (χ0n) is 17.7. The number of halogens is 4. The van der Waals surface area contributed by atoms with Crippen molar-refractivity contribution in [1.29, 1.82) is 5.26 Å². The molecule has 0 amide bonds. The number of aryl methyl sites for hydroxylation is 1. The fourth-order valence-corrected chi connectivity index (χ4v) is 3.39. The minimum absolute atomic E-state index is 0.0193. The molecule has 10 nitrogen and oxygen atoms in total. The van der Waals surface area contributed by atoms with Crippen molar-refractivity contribution in [3.63, 3.8) is 0 Å². The smallest absolute Gasteiger partial charge is 0.437 e. The molecule has 3 heterocycles. The van der Waals surface area contributed by atoms with Crippen molar-refractivity contribution in [3.8, 4) is 23.3 Å². The van der Waals surface area contributed by atoms with E-state index < -0.39 is 28.7 Å². The molecule has 178 valence electrons. The van der Waals surface area contributed by atoms with Crippen molar-refractivity contribution >= 4 is 11.6 Å². The first-order valence-electron chi connectivity index (χ1n) is 9.69. The number of rotatable bonds is 5. The van der Waals surface area contributed by atoms with Crippen molar-refractivity contribution in [2.75, 3.05) is 0 Å². The highest BCUT2D eigenvalue weighted by atomic mass is 35.5. The lowest BCUT2D eigenvalue weighted by molar-refractivity contribution is -0.142. The molecule has 0 unspecified atom stereocenters. The predicted molar refractivity (Wildman–Crippen MR) is 115 cm³/mol. The normalized spacial score (nSPS) is 11.3. The molecule has 0 bridgehead atoms. The van der Waals surface area contributed by atoms with Crippen LogP contribution in [0.1, 0.15) is 17.0 Å². The summed E-state index contributed by atoms with van der Waals surface area (Å²) >= 11 is 5.89. The summed E-state index contributed by atoms with van der Waals surface area (Å²) in [6.07, 6.45) is -1.32. The van der Waals surface area contributed by atoms with Crippen LogP contribution in [0.5, 0.6) is 11.5 Å². The highest BCUT2D eigenvalue weighted by Gasteiger charge is 2.38. The molecule has 4 rings (SSSR count). The molecular weight excluding hydrogens is 491 g/mol. The Labute approximate surface area is 199 Å². The quantitative estimate of drug-likeness (QED) is 0.410. The molecule has 0 aliphatic carbocycles. The van der Waals surface area contributed by atoms with Gasteiger partial charge in [-0.1, -0.05) is 11.6 Å². The van der Waals surface area contributed by atoms with E-state index in [-0.39, 0.29) is 34.3 Å². The molecule has 0 spiro atoms. The zero-order valence-corrected chi connectivity index (χ0v) is 18.4. The second kappa shape index (κ2) is 9.07. The van der Waals surface area contributed by atoms with Crippen LogP contribution < -0.4 is 15.9 Å². The fourth-order valence-electron chi connectivity index (χ4n) is 3.16. The fraction of sp³-hybridized carbons (Fsp3) is 0.143. The van der Waals surface area contributed by atoms with E-state index in [1.807, 2.05) is 0 Å². The summed E-state index contributed by atoms with van der Waals surface area (Å²) in [4.78, 5) is 28.8. The highest BCUT2D eigenvalue weighted by Crippen LogP contribution is 2.35. The number of nitrogens with zero attached hydrogens (tertiary/aromatic N) is 7. The summed E-state index contributed by atoms with van der Waals surface area (Å²) in [6.45, 7) is -0.332. The van der Waals surface area contributed by atoms with Crippen LogP contribution in [0.15, 0.2) is 58.6 Å². The van der Waals surface area contributed by atoms with Crippen LogP contribution in [-0.2, 0) is 19.8 Å². The third-order valence-electron chi connectivity index (χ3n) is 4.66. The van der Waals surface area contributed by atoms with Gasteiger partial charge in [-0.3, -0.25) is 14.2 Å². The second-order valence-electron chi connectivity index (χ2n) is 7.14. The van der Waals surface area contributed by atoms with Gasteiger partial charge in [0.2, 0.25) is 5.75 Å². The Morgan fingerprint density at radius 2 is 1.94 bits per heavy atom. The van der Waals surface area contributed by atoms with Crippen LogP contribution >= 0.6 is 11.6 Å². The highest BCUT2D eigenvalue weighted by molar-refractivity contribution is 6.30. The van der Waals surface area contributed by atoms with Gasteiger partial charge in [-0.2, -0.15) is 28.6 Å². The summed E-state index contributed by atoms with van der Waals surface area (Å²) in [5.74, 6) is -1.36. The Morgan fingerprint density at radius 1 is 1.17 bits per heavy atom. The van der Waals surface area contributed by atoms with Gasteiger partial charge in [0, 0.05) is 24.5 Å². The molecule has 0 saturated heterocycles. The molecule has 1 aromatic carbocycles. The minimum Gasteiger partial charge on any atom is -0.449 e. The largest absolute Gasteiger partial charge is 0.449 e. The van der Waals surface area contributed by atoms with Gasteiger partial charge in [0.1, 0.15) is 11.4 Å². The van der Waals surface area contributed by atoms with Crippen LogP contribution in [0.4, 0.5) is 13.2 Å². The van der Waals surface area contributed by atoms with Gasteiger partial charge in [-0.15, -0.1) is 0 Å². The Bertz CT molecular complexity index is 1570. The van der Waals surface area contributed by atoms with Gasteiger partial charge < -0.3 is 4.74 Å². The van der Waals surface area contributed by atoms with E-state index in [1.54, 1.807) is 12.1 Å². The van der Waals surface area contributed by atoms with Crippen LogP contribution in [0.2, 0.25) is 5.02 Å². The number of benzene rings is 1. The maximum Gasteiger partial charge on any atom is 0.437 e. The summed E-state index contributed by atoms with van der Waals surface area (Å²) in [7, 11) is 1.38. The van der Waals surface area contributed by atoms with Gasteiger partial charge in [0.15, 0.2) is 5.69 Å². The lowest BCUT2D eigenvalue weighted by Crippen LogP contribution is -2.29. The van der Waals surface area contributed by atoms with E-state index in [2.05, 4.69) is 15.2 Å². The maximum absolute atomic E-state index is 13.6. The molecule has 3 aromatic heterocycles. The van der Waals surface area contributed by atoms with Crippen molar-refractivity contribution in [1.82, 2.24) is 29.1 Å². The summed E-state index contributed by atoms with van der Waals surface area (Å²) in [6, 6.07) is 8.32. The average Bonchev–Trinajstić information content (AvgIpc) is 3.32. The number of alkyl halides is 3. The minimum atomic E-state index is -5.01. The van der Waals surface area contributed by atoms with Crippen LogP contribution in [0.3, 0.4) is 0 Å². The van der Waals surface area contributed by atoms with E-state index in [4.69, 9.17) is 21.6 Å². The first-order valence-corrected chi connectivity index (χ1v) is 10.1. The lowest BCUT2D eigenvalue weighted by atomic mass is 10.2. The number of ether oxygens (including phenoxy) is 1. The molecule has 14 heteroatoms. The van der Waals surface area contributed by atoms with Crippen LogP contribution in [0.25, 0.3) is 5.69 Å². The van der Waals surface area contributed by atoms with E-state index >= 15 is 0 Å². The number of hydrogen-bond donors (Lipinski definition) is 0. The molecule has 0 fully saturated rings. The van der Waals surface area contributed by atoms with E-state index in [0.717, 1.165) is 21.4 Å². The number of aromatic nitrogens is 6. The van der Waals surface area contributed by atoms with Gasteiger partial charge in [0.05, 0.1) is 30.2 Å². The third-order valence-corrected chi connectivity index (χ3v) is 4.88. The van der Waals surface area contributed by atoms with E-state index in [9.17, 15) is 22.8 Å². The van der Waals surface area contributed by atoms with Gasteiger partial charge >= 0.3 is 6.18 Å². The van der Waals surface area contributed by atoms with Crippen LogP contribution in [-0.4, -0.2) is 29.1 Å². The van der Waals surface area contributed by atoms with Crippen molar-refractivity contribution < 1.29 is 17.9 Å². The van der Waals surface area contributed by atoms with Gasteiger partial charge in [0.25, 0.3) is 11.1 Å². The van der Waals surface area contributed by atoms with E-state index in [1.165, 1.54) is 36.3 Å². The van der Waals surface area contributed by atoms with Gasteiger partial charge in [-0.05, 0) is 30.3 Å². The topological polar surface area (TPSA) is 121 Å². The number of nitriles is 1. The average molecular weight is 504 g/mol. The van der Waals surface area contributed by atoms with E-state index in [0.29, 0.717) is 6.33 Å². The predicted octanol–water partition coefficient (Wildman–Crippen LogP) is 2.91. The number of hydrogen-bond acceptors (Lipinski definition) is 7. The first-order chi connectivity index (χ1) is 16.6. The molecule has 0 aliphatic heterocycles. The second-order valence-corrected chi connectivity index (χ2v) is 7.58. The molecule has 4 aromatic rings. The SMILES string of the molecule is Cn1nc(Cn2cnc(C(F)(F)F)c(Oc3cc(Cl)cc(C#N)c3)c2=O)cc(-n2cccn2)c1=O. The first kappa shape index (κ1) is 23.7. The Morgan fingerprint density at radius 3 is 2.60 bits per heavy atom. The molecule has 0 N–H and O–H groups in total. The molecular formula is C21H13ClF3N7O3. The Hall–Kier alpha value is -4.44. The summed E-state index contributed by atoms with van der Waals surface area (Å²) in [5, 5.41) is 17.1. The monoisotopic (exact) mass is 503 g/mol. The molecule has 0 saturated carbocycles. The maximum atomic E-state index is 13.6. The summed E-state index contributed by atoms with van der Waals surface area (Å²) < 4.78 is 49.2. The molecule has 0 atom stereocenters. The lowest BCUT2D eigenvalue weighted by Gasteiger charge is -2.15. The van der Waals surface area contributed by atoms with Crippen molar-refractivity contribution in [3.05, 3.63) is 91.7 Å². The Balaban J connectivity index is 1.80. The zero-order chi connectivity index (χ0) is 25.3. The van der Waals surface area contributed by atoms with Gasteiger partial charge in [-0.25, -0.2) is 14.3 Å². The molecule has 0 radical (unpaired) electrons. The third kappa shape index (κ3) is 4.92. The van der Waals surface area contributed by atoms with Crippen molar-refractivity contribution in [2.24, 2.45) is 7.05 Å². The summed E-state index contributed by atoms with van der Waals surface area (Å²) in [5.41, 5.74) is -2.89. The Kier molecular flexibility index (Phi) is 6.14.